The SMILES string of the molecule is O=C(COC(=O)CCC(=O)c1ccc(Cl)cc1)NC(=O)Nc1ccccc1F. The highest BCUT2D eigenvalue weighted by Gasteiger charge is 2.14. The lowest BCUT2D eigenvalue weighted by Crippen LogP contribution is -2.37. The van der Waals surface area contributed by atoms with Gasteiger partial charge in [0.05, 0.1) is 12.1 Å². The number of anilines is 1. The molecule has 146 valence electrons. The second-order valence-corrected chi connectivity index (χ2v) is 6.01. The number of ether oxygens (including phenoxy) is 1. The predicted molar refractivity (Wildman–Crippen MR) is 99.5 cm³/mol. The van der Waals surface area contributed by atoms with Crippen molar-refractivity contribution in [3.63, 3.8) is 0 Å². The average Bonchev–Trinajstić information content (AvgIpc) is 2.66. The normalized spacial score (nSPS) is 10.1. The van der Waals surface area contributed by atoms with Gasteiger partial charge < -0.3 is 10.1 Å². The Morgan fingerprint density at radius 1 is 0.964 bits per heavy atom. The summed E-state index contributed by atoms with van der Waals surface area (Å²) in [4.78, 5) is 46.8. The molecule has 0 aliphatic heterocycles. The van der Waals surface area contributed by atoms with Crippen molar-refractivity contribution in [1.29, 1.82) is 0 Å². The Morgan fingerprint density at radius 3 is 2.32 bits per heavy atom. The topological polar surface area (TPSA) is 102 Å². The third kappa shape index (κ3) is 6.81. The van der Waals surface area contributed by atoms with Gasteiger partial charge in [-0.2, -0.15) is 0 Å². The molecule has 0 saturated heterocycles. The maximum Gasteiger partial charge on any atom is 0.326 e. The molecular weight excluding hydrogens is 391 g/mol. The predicted octanol–water partition coefficient (Wildman–Crippen LogP) is 3.33. The summed E-state index contributed by atoms with van der Waals surface area (Å²) in [5, 5.41) is 4.53. The molecule has 0 unspecified atom stereocenters. The fraction of sp³-hybridized carbons (Fsp3) is 0.158. The Labute approximate surface area is 164 Å². The lowest BCUT2D eigenvalue weighted by Gasteiger charge is -2.08. The highest BCUT2D eigenvalue weighted by Crippen LogP contribution is 2.13. The van der Waals surface area contributed by atoms with Gasteiger partial charge in [0.15, 0.2) is 12.4 Å². The largest absolute Gasteiger partial charge is 0.456 e. The first-order valence-electron chi connectivity index (χ1n) is 8.15. The summed E-state index contributed by atoms with van der Waals surface area (Å²) in [5.74, 6) is -2.61. The summed E-state index contributed by atoms with van der Waals surface area (Å²) in [5.41, 5.74) is 0.297. The highest BCUT2D eigenvalue weighted by atomic mass is 35.5. The van der Waals surface area contributed by atoms with E-state index >= 15 is 0 Å². The van der Waals surface area contributed by atoms with Gasteiger partial charge in [-0.3, -0.25) is 19.7 Å². The molecule has 2 N–H and O–H groups in total. The molecule has 0 aliphatic rings. The maximum atomic E-state index is 13.4. The van der Waals surface area contributed by atoms with Gasteiger partial charge in [0, 0.05) is 17.0 Å². The number of halogens is 2. The van der Waals surface area contributed by atoms with Crippen LogP contribution in [-0.2, 0) is 14.3 Å². The monoisotopic (exact) mass is 406 g/mol. The van der Waals surface area contributed by atoms with E-state index in [-0.39, 0.29) is 24.3 Å². The van der Waals surface area contributed by atoms with Crippen LogP contribution in [0.1, 0.15) is 23.2 Å². The van der Waals surface area contributed by atoms with Crippen LogP contribution in [0.15, 0.2) is 48.5 Å². The zero-order valence-electron chi connectivity index (χ0n) is 14.5. The van der Waals surface area contributed by atoms with Crippen molar-refractivity contribution in [3.8, 4) is 0 Å². The van der Waals surface area contributed by atoms with E-state index in [4.69, 9.17) is 16.3 Å². The minimum Gasteiger partial charge on any atom is -0.456 e. The number of hydrogen-bond donors (Lipinski definition) is 2. The fourth-order valence-electron chi connectivity index (χ4n) is 2.09. The number of nitrogens with one attached hydrogen (secondary N) is 2. The van der Waals surface area contributed by atoms with Crippen molar-refractivity contribution in [2.45, 2.75) is 12.8 Å². The summed E-state index contributed by atoms with van der Waals surface area (Å²) in [6.07, 6.45) is -0.327. The molecular formula is C19H16ClFN2O5. The molecule has 28 heavy (non-hydrogen) atoms. The van der Waals surface area contributed by atoms with Gasteiger partial charge in [0.1, 0.15) is 5.82 Å². The third-order valence-corrected chi connectivity index (χ3v) is 3.71. The summed E-state index contributed by atoms with van der Waals surface area (Å²) in [6.45, 7) is -0.710. The van der Waals surface area contributed by atoms with E-state index in [1.54, 1.807) is 12.1 Å². The van der Waals surface area contributed by atoms with Gasteiger partial charge in [-0.05, 0) is 36.4 Å². The minimum atomic E-state index is -0.968. The van der Waals surface area contributed by atoms with Crippen LogP contribution in [0.3, 0.4) is 0 Å². The number of carbonyl (C=O) groups excluding carboxylic acids is 4. The molecule has 0 saturated carbocycles. The molecule has 2 aromatic carbocycles. The Morgan fingerprint density at radius 2 is 1.64 bits per heavy atom. The summed E-state index contributed by atoms with van der Waals surface area (Å²) in [7, 11) is 0. The van der Waals surface area contributed by atoms with E-state index in [0.717, 1.165) is 6.07 Å². The Balaban J connectivity index is 1.69. The highest BCUT2D eigenvalue weighted by molar-refractivity contribution is 6.30. The molecule has 0 atom stereocenters. The molecule has 7 nitrogen and oxygen atoms in total. The fourth-order valence-corrected chi connectivity index (χ4v) is 2.22. The van der Waals surface area contributed by atoms with Crippen LogP contribution in [0.25, 0.3) is 0 Å². The van der Waals surface area contributed by atoms with Crippen LogP contribution in [0, 0.1) is 5.82 Å². The molecule has 0 heterocycles. The molecule has 2 aromatic rings. The van der Waals surface area contributed by atoms with Gasteiger partial charge in [-0.25, -0.2) is 9.18 Å². The maximum absolute atomic E-state index is 13.4. The number of amides is 3. The summed E-state index contributed by atoms with van der Waals surface area (Å²) < 4.78 is 18.1. The van der Waals surface area contributed by atoms with Crippen molar-refractivity contribution < 1.29 is 28.3 Å². The van der Waals surface area contributed by atoms with Crippen LogP contribution < -0.4 is 10.6 Å². The lowest BCUT2D eigenvalue weighted by atomic mass is 10.1. The molecule has 9 heteroatoms. The van der Waals surface area contributed by atoms with Gasteiger partial charge >= 0.3 is 12.0 Å². The van der Waals surface area contributed by atoms with Crippen LogP contribution in [0.4, 0.5) is 14.9 Å². The molecule has 2 rings (SSSR count). The van der Waals surface area contributed by atoms with Crippen molar-refractivity contribution in [1.82, 2.24) is 5.32 Å². The molecule has 0 radical (unpaired) electrons. The van der Waals surface area contributed by atoms with Crippen LogP contribution in [0.2, 0.25) is 5.02 Å². The zero-order valence-corrected chi connectivity index (χ0v) is 15.3. The number of benzene rings is 2. The first kappa shape index (κ1) is 21.0. The number of urea groups is 1. The van der Waals surface area contributed by atoms with E-state index in [0.29, 0.717) is 10.6 Å². The Hall–Kier alpha value is -3.26. The number of Topliss-reactive ketones (excluding diaryl/α,β-unsaturated/α-hetero) is 1. The number of rotatable bonds is 7. The van der Waals surface area contributed by atoms with E-state index in [1.807, 2.05) is 5.32 Å². The average molecular weight is 407 g/mol. The first-order valence-corrected chi connectivity index (χ1v) is 8.52. The molecule has 0 aromatic heterocycles. The van der Waals surface area contributed by atoms with Crippen LogP contribution in [0.5, 0.6) is 0 Å². The quantitative estimate of drug-likeness (QED) is 0.542. The standard InChI is InChI=1S/C19H16ClFN2O5/c20-13-7-5-12(6-8-13)16(24)9-10-18(26)28-11-17(25)23-19(27)22-15-4-2-1-3-14(15)21/h1-8H,9-11H2,(H2,22,23,25,27). The van der Waals surface area contributed by atoms with Gasteiger partial charge in [-0.1, -0.05) is 23.7 Å². The second kappa shape index (κ2) is 10.2. The van der Waals surface area contributed by atoms with Gasteiger partial charge in [0.2, 0.25) is 0 Å². The number of para-hydroxylation sites is 1. The van der Waals surface area contributed by atoms with Crippen LogP contribution in [-0.4, -0.2) is 30.3 Å². The van der Waals surface area contributed by atoms with Gasteiger partial charge in [0.25, 0.3) is 5.91 Å². The number of ketones is 1. The van der Waals surface area contributed by atoms with E-state index in [9.17, 15) is 23.6 Å². The second-order valence-electron chi connectivity index (χ2n) is 5.57. The molecule has 0 spiro atoms. The zero-order chi connectivity index (χ0) is 20.5. The molecule has 3 amide bonds. The lowest BCUT2D eigenvalue weighted by molar-refractivity contribution is -0.148. The molecule has 0 fully saturated rings. The Bertz CT molecular complexity index is 886. The van der Waals surface area contributed by atoms with Crippen molar-refractivity contribution in [3.05, 3.63) is 64.9 Å². The third-order valence-electron chi connectivity index (χ3n) is 3.46. The Kier molecular flexibility index (Phi) is 7.65. The van der Waals surface area contributed by atoms with Crippen molar-refractivity contribution in [2.75, 3.05) is 11.9 Å². The minimum absolute atomic E-state index is 0.101. The molecule has 0 bridgehead atoms. The summed E-state index contributed by atoms with van der Waals surface area (Å²) >= 11 is 5.73. The molecule has 0 aliphatic carbocycles. The number of imide groups is 1. The first-order chi connectivity index (χ1) is 13.3. The van der Waals surface area contributed by atoms with E-state index < -0.39 is 30.3 Å². The summed E-state index contributed by atoms with van der Waals surface area (Å²) in [6, 6.07) is 10.6. The van der Waals surface area contributed by atoms with E-state index in [2.05, 4.69) is 5.32 Å². The number of hydrogen-bond acceptors (Lipinski definition) is 5. The van der Waals surface area contributed by atoms with Gasteiger partial charge in [-0.15, -0.1) is 0 Å². The number of carbonyl (C=O) groups is 4. The van der Waals surface area contributed by atoms with Crippen molar-refractivity contribution in [2.24, 2.45) is 0 Å². The number of esters is 1. The van der Waals surface area contributed by atoms with E-state index in [1.165, 1.54) is 30.3 Å². The smallest absolute Gasteiger partial charge is 0.326 e. The van der Waals surface area contributed by atoms with Crippen LogP contribution >= 0.6 is 11.6 Å². The van der Waals surface area contributed by atoms with Crippen molar-refractivity contribution >= 4 is 41.0 Å².